The lowest BCUT2D eigenvalue weighted by atomic mass is 9.73. The van der Waals surface area contributed by atoms with E-state index >= 15 is 0 Å². The molecule has 0 aliphatic heterocycles. The highest BCUT2D eigenvalue weighted by Gasteiger charge is 2.28. The Labute approximate surface area is 86.6 Å². The molecule has 0 unspecified atom stereocenters. The SMILES string of the molecule is OOC1CCC(C2CCCCC2)CC1. The predicted octanol–water partition coefficient (Wildman–Crippen LogP) is 3.62. The molecule has 2 saturated carbocycles. The zero-order chi connectivity index (χ0) is 9.80. The van der Waals surface area contributed by atoms with Crippen molar-refractivity contribution in [2.24, 2.45) is 11.8 Å². The van der Waals surface area contributed by atoms with Gasteiger partial charge in [-0.05, 0) is 37.5 Å². The minimum atomic E-state index is 0.134. The standard InChI is InChI=1S/C12H22O2/c13-14-12-8-6-11(7-9-12)10-4-2-1-3-5-10/h10-13H,1-9H2. The molecule has 0 atom stereocenters. The summed E-state index contributed by atoms with van der Waals surface area (Å²) in [5, 5.41) is 8.59. The van der Waals surface area contributed by atoms with Gasteiger partial charge in [-0.1, -0.05) is 32.1 Å². The van der Waals surface area contributed by atoms with Gasteiger partial charge >= 0.3 is 0 Å². The van der Waals surface area contributed by atoms with Gasteiger partial charge in [-0.15, -0.1) is 0 Å². The highest BCUT2D eigenvalue weighted by molar-refractivity contribution is 4.79. The molecule has 0 amide bonds. The predicted molar refractivity (Wildman–Crippen MR) is 56.0 cm³/mol. The Hall–Kier alpha value is -0.0800. The first-order chi connectivity index (χ1) is 6.90. The van der Waals surface area contributed by atoms with Crippen molar-refractivity contribution < 1.29 is 10.1 Å². The molecule has 14 heavy (non-hydrogen) atoms. The van der Waals surface area contributed by atoms with E-state index in [1.807, 2.05) is 0 Å². The van der Waals surface area contributed by atoms with E-state index in [4.69, 9.17) is 5.26 Å². The largest absolute Gasteiger partial charge is 0.252 e. The Kier molecular flexibility index (Phi) is 3.82. The van der Waals surface area contributed by atoms with Crippen LogP contribution >= 0.6 is 0 Å². The summed E-state index contributed by atoms with van der Waals surface area (Å²) in [6.45, 7) is 0. The maximum atomic E-state index is 8.59. The Morgan fingerprint density at radius 2 is 1.29 bits per heavy atom. The van der Waals surface area contributed by atoms with E-state index in [0.717, 1.165) is 24.7 Å². The van der Waals surface area contributed by atoms with Crippen molar-refractivity contribution in [1.82, 2.24) is 0 Å². The Morgan fingerprint density at radius 1 is 0.714 bits per heavy atom. The van der Waals surface area contributed by atoms with Gasteiger partial charge in [-0.2, -0.15) is 0 Å². The molecule has 0 bridgehead atoms. The first-order valence-electron chi connectivity index (χ1n) is 6.20. The third-order valence-corrected chi connectivity index (χ3v) is 4.18. The first kappa shape index (κ1) is 10.4. The molecule has 0 aromatic heterocycles. The van der Waals surface area contributed by atoms with Gasteiger partial charge in [-0.3, -0.25) is 5.26 Å². The molecule has 1 N–H and O–H groups in total. The van der Waals surface area contributed by atoms with Crippen LogP contribution in [0.1, 0.15) is 57.8 Å². The third kappa shape index (κ3) is 2.48. The second-order valence-corrected chi connectivity index (χ2v) is 5.04. The van der Waals surface area contributed by atoms with Crippen LogP contribution in [-0.4, -0.2) is 11.4 Å². The summed E-state index contributed by atoms with van der Waals surface area (Å²) < 4.78 is 0. The van der Waals surface area contributed by atoms with Crippen LogP contribution in [0.3, 0.4) is 0 Å². The lowest BCUT2D eigenvalue weighted by molar-refractivity contribution is -0.285. The fourth-order valence-corrected chi connectivity index (χ4v) is 3.27. The molecule has 0 saturated heterocycles. The molecule has 0 spiro atoms. The minimum absolute atomic E-state index is 0.134. The Balaban J connectivity index is 1.76. The van der Waals surface area contributed by atoms with Crippen LogP contribution in [0.25, 0.3) is 0 Å². The van der Waals surface area contributed by atoms with Crippen LogP contribution in [0.2, 0.25) is 0 Å². The normalized spacial score (nSPS) is 35.8. The van der Waals surface area contributed by atoms with Crippen molar-refractivity contribution in [3.8, 4) is 0 Å². The van der Waals surface area contributed by atoms with E-state index in [1.54, 1.807) is 0 Å². The van der Waals surface area contributed by atoms with Crippen LogP contribution < -0.4 is 0 Å². The molecule has 0 radical (unpaired) electrons. The lowest BCUT2D eigenvalue weighted by Gasteiger charge is -2.34. The summed E-state index contributed by atoms with van der Waals surface area (Å²) >= 11 is 0. The van der Waals surface area contributed by atoms with Crippen LogP contribution in [0.4, 0.5) is 0 Å². The van der Waals surface area contributed by atoms with E-state index in [2.05, 4.69) is 4.89 Å². The van der Waals surface area contributed by atoms with E-state index in [-0.39, 0.29) is 6.10 Å². The highest BCUT2D eigenvalue weighted by Crippen LogP contribution is 2.38. The average Bonchev–Trinajstić information content (AvgIpc) is 2.30. The minimum Gasteiger partial charge on any atom is -0.252 e. The van der Waals surface area contributed by atoms with Crippen LogP contribution in [0.15, 0.2) is 0 Å². The summed E-state index contributed by atoms with van der Waals surface area (Å²) in [5.41, 5.74) is 0. The summed E-state index contributed by atoms with van der Waals surface area (Å²) in [6.07, 6.45) is 12.1. The molecule has 2 rings (SSSR count). The maximum absolute atomic E-state index is 8.59. The van der Waals surface area contributed by atoms with Crippen molar-refractivity contribution in [2.45, 2.75) is 63.9 Å². The summed E-state index contributed by atoms with van der Waals surface area (Å²) in [6, 6.07) is 0. The monoisotopic (exact) mass is 198 g/mol. The summed E-state index contributed by atoms with van der Waals surface area (Å²) in [7, 11) is 0. The summed E-state index contributed by atoms with van der Waals surface area (Å²) in [5.74, 6) is 1.92. The number of hydrogen-bond donors (Lipinski definition) is 1. The van der Waals surface area contributed by atoms with Gasteiger partial charge in [0.2, 0.25) is 0 Å². The van der Waals surface area contributed by atoms with Gasteiger partial charge in [0.15, 0.2) is 0 Å². The molecule has 0 heterocycles. The smallest absolute Gasteiger partial charge is 0.0927 e. The van der Waals surface area contributed by atoms with Crippen LogP contribution in [0.5, 0.6) is 0 Å². The van der Waals surface area contributed by atoms with Gasteiger partial charge in [0.05, 0.1) is 6.10 Å². The van der Waals surface area contributed by atoms with Crippen molar-refractivity contribution in [1.29, 1.82) is 0 Å². The van der Waals surface area contributed by atoms with Crippen molar-refractivity contribution in [3.05, 3.63) is 0 Å². The molecule has 2 heteroatoms. The Morgan fingerprint density at radius 3 is 1.86 bits per heavy atom. The fraction of sp³-hybridized carbons (Fsp3) is 1.00. The second-order valence-electron chi connectivity index (χ2n) is 5.04. The zero-order valence-electron chi connectivity index (χ0n) is 8.95. The summed E-state index contributed by atoms with van der Waals surface area (Å²) in [4.78, 5) is 4.43. The fourth-order valence-electron chi connectivity index (χ4n) is 3.27. The quantitative estimate of drug-likeness (QED) is 0.542. The van der Waals surface area contributed by atoms with Crippen LogP contribution in [0, 0.1) is 11.8 Å². The first-order valence-corrected chi connectivity index (χ1v) is 6.20. The molecule has 0 aromatic carbocycles. The highest BCUT2D eigenvalue weighted by atomic mass is 17.1. The van der Waals surface area contributed by atoms with E-state index in [1.165, 1.54) is 44.9 Å². The number of rotatable bonds is 2. The van der Waals surface area contributed by atoms with Crippen LogP contribution in [-0.2, 0) is 4.89 Å². The molecule has 2 nitrogen and oxygen atoms in total. The lowest BCUT2D eigenvalue weighted by Crippen LogP contribution is -2.26. The average molecular weight is 198 g/mol. The van der Waals surface area contributed by atoms with E-state index in [0.29, 0.717) is 0 Å². The third-order valence-electron chi connectivity index (χ3n) is 4.18. The van der Waals surface area contributed by atoms with Gasteiger partial charge in [-0.25, -0.2) is 4.89 Å². The van der Waals surface area contributed by atoms with Gasteiger partial charge < -0.3 is 0 Å². The molecule has 82 valence electrons. The van der Waals surface area contributed by atoms with Gasteiger partial charge in [0.1, 0.15) is 0 Å². The second kappa shape index (κ2) is 5.13. The van der Waals surface area contributed by atoms with Gasteiger partial charge in [0.25, 0.3) is 0 Å². The Bertz CT molecular complexity index is 156. The topological polar surface area (TPSA) is 29.5 Å². The van der Waals surface area contributed by atoms with Gasteiger partial charge in [0, 0.05) is 0 Å². The number of hydrogen-bond acceptors (Lipinski definition) is 2. The molecule has 2 aliphatic rings. The van der Waals surface area contributed by atoms with Crippen molar-refractivity contribution in [3.63, 3.8) is 0 Å². The molecule has 2 aliphatic carbocycles. The molecular weight excluding hydrogens is 176 g/mol. The maximum Gasteiger partial charge on any atom is 0.0927 e. The van der Waals surface area contributed by atoms with E-state index < -0.39 is 0 Å². The van der Waals surface area contributed by atoms with Crippen molar-refractivity contribution >= 4 is 0 Å². The molecule has 2 fully saturated rings. The van der Waals surface area contributed by atoms with E-state index in [9.17, 15) is 0 Å². The molecular formula is C12H22O2. The zero-order valence-corrected chi connectivity index (χ0v) is 8.95. The van der Waals surface area contributed by atoms with Crippen molar-refractivity contribution in [2.75, 3.05) is 0 Å². The molecule has 0 aromatic rings.